The molecule has 1 saturated heterocycles. The van der Waals surface area contributed by atoms with Crippen LogP contribution in [0.15, 0.2) is 0 Å². The number of aliphatic hydroxyl groups is 1. The van der Waals surface area contributed by atoms with Crippen LogP contribution in [0.25, 0.3) is 0 Å². The first-order valence-electron chi connectivity index (χ1n) is 9.49. The summed E-state index contributed by atoms with van der Waals surface area (Å²) in [5.74, 6) is 0. The molecule has 6 heteroatoms. The lowest BCUT2D eigenvalue weighted by Gasteiger charge is -2.45. The highest BCUT2D eigenvalue weighted by molar-refractivity contribution is 4.95. The van der Waals surface area contributed by atoms with Crippen molar-refractivity contribution in [3.8, 4) is 0 Å². The molecule has 6 nitrogen and oxygen atoms in total. The van der Waals surface area contributed by atoms with Gasteiger partial charge in [0, 0.05) is 0 Å². The Morgan fingerprint density at radius 2 is 1.04 bits per heavy atom. The second-order valence-corrected chi connectivity index (χ2v) is 7.77. The van der Waals surface area contributed by atoms with Crippen LogP contribution in [0.3, 0.4) is 0 Å². The van der Waals surface area contributed by atoms with Crippen LogP contribution in [0.5, 0.6) is 0 Å². The molecule has 4 unspecified atom stereocenters. The van der Waals surface area contributed by atoms with E-state index in [1.165, 1.54) is 0 Å². The van der Waals surface area contributed by atoms with E-state index in [1.54, 1.807) is 0 Å². The predicted molar refractivity (Wildman–Crippen MR) is 96.9 cm³/mol. The van der Waals surface area contributed by atoms with Gasteiger partial charge in [-0.05, 0) is 55.4 Å². The zero-order valence-electron chi connectivity index (χ0n) is 17.1. The highest BCUT2D eigenvalue weighted by Gasteiger charge is 2.47. The highest BCUT2D eigenvalue weighted by atomic mass is 16.6. The molecule has 0 spiro atoms. The van der Waals surface area contributed by atoms with Crippen LogP contribution in [0, 0.1) is 0 Å². The molecule has 0 aromatic rings. The van der Waals surface area contributed by atoms with Gasteiger partial charge in [0.05, 0.1) is 37.6 Å². The van der Waals surface area contributed by atoms with E-state index in [9.17, 15) is 5.11 Å². The minimum absolute atomic E-state index is 0.0343. The van der Waals surface area contributed by atoms with Crippen LogP contribution >= 0.6 is 0 Å². The Morgan fingerprint density at radius 1 is 0.680 bits per heavy atom. The van der Waals surface area contributed by atoms with Crippen molar-refractivity contribution < 1.29 is 28.8 Å². The van der Waals surface area contributed by atoms with Crippen LogP contribution in [0.1, 0.15) is 55.4 Å². The Labute approximate surface area is 153 Å². The summed E-state index contributed by atoms with van der Waals surface area (Å²) in [7, 11) is 0. The Balaban J connectivity index is 2.94. The number of hydrogen-bond donors (Lipinski definition) is 1. The fraction of sp³-hybridized carbons (Fsp3) is 1.00. The largest absolute Gasteiger partial charge is 0.387 e. The molecule has 25 heavy (non-hydrogen) atoms. The van der Waals surface area contributed by atoms with Gasteiger partial charge in [0.15, 0.2) is 0 Å². The van der Waals surface area contributed by atoms with E-state index in [1.807, 2.05) is 55.4 Å². The van der Waals surface area contributed by atoms with Crippen LogP contribution in [0.4, 0.5) is 0 Å². The number of ether oxygens (including phenoxy) is 5. The van der Waals surface area contributed by atoms with Gasteiger partial charge in [-0.15, -0.1) is 0 Å². The van der Waals surface area contributed by atoms with Gasteiger partial charge in [-0.2, -0.15) is 0 Å². The molecule has 0 radical (unpaired) electrons. The monoisotopic (exact) mass is 362 g/mol. The average molecular weight is 363 g/mol. The average Bonchev–Trinajstić information content (AvgIpc) is 2.48. The fourth-order valence-corrected chi connectivity index (χ4v) is 2.81. The van der Waals surface area contributed by atoms with Crippen molar-refractivity contribution in [3.63, 3.8) is 0 Å². The molecule has 1 N–H and O–H groups in total. The minimum atomic E-state index is -0.805. The summed E-state index contributed by atoms with van der Waals surface area (Å²) in [6.07, 6.45) is -2.46. The van der Waals surface area contributed by atoms with E-state index in [-0.39, 0.29) is 36.6 Å². The van der Waals surface area contributed by atoms with Gasteiger partial charge in [0.2, 0.25) is 0 Å². The summed E-state index contributed by atoms with van der Waals surface area (Å²) in [5.41, 5.74) is 0. The van der Waals surface area contributed by atoms with Gasteiger partial charge < -0.3 is 28.8 Å². The Morgan fingerprint density at radius 3 is 1.32 bits per heavy atom. The lowest BCUT2D eigenvalue weighted by Crippen LogP contribution is -2.62. The molecule has 0 saturated carbocycles. The maximum atomic E-state index is 11.0. The van der Waals surface area contributed by atoms with Crippen molar-refractivity contribution in [2.75, 3.05) is 13.2 Å². The van der Waals surface area contributed by atoms with E-state index in [4.69, 9.17) is 23.7 Å². The molecular weight excluding hydrogens is 324 g/mol. The molecule has 1 aliphatic heterocycles. The first kappa shape index (κ1) is 22.8. The minimum Gasteiger partial charge on any atom is -0.387 e. The van der Waals surface area contributed by atoms with E-state index in [0.717, 1.165) is 0 Å². The van der Waals surface area contributed by atoms with Crippen LogP contribution in [-0.4, -0.2) is 73.3 Å². The highest BCUT2D eigenvalue weighted by Crippen LogP contribution is 2.28. The zero-order valence-corrected chi connectivity index (χ0v) is 17.1. The first-order valence-corrected chi connectivity index (χ1v) is 9.49. The standard InChI is InChI=1S/C19H38O6/c1-11(2)21-9-15-18(23-13(5)6)17(20)19(24-14(7)8)16(25-15)10-22-12(3)4/h11-20H,9-10H2,1-8H3. The molecule has 0 aromatic heterocycles. The summed E-state index contributed by atoms with van der Waals surface area (Å²) in [5, 5.41) is 11.0. The molecule has 0 aliphatic carbocycles. The molecule has 150 valence electrons. The summed E-state index contributed by atoms with van der Waals surface area (Å²) >= 11 is 0. The Bertz CT molecular complexity index is 322. The quantitative estimate of drug-likeness (QED) is 0.644. The maximum Gasteiger partial charge on any atom is 0.115 e. The van der Waals surface area contributed by atoms with Gasteiger partial charge in [-0.1, -0.05) is 0 Å². The van der Waals surface area contributed by atoms with Crippen molar-refractivity contribution in [2.45, 2.75) is 110 Å². The molecule has 1 heterocycles. The number of rotatable bonds is 10. The summed E-state index contributed by atoms with van der Waals surface area (Å²) in [6.45, 7) is 16.4. The topological polar surface area (TPSA) is 66.4 Å². The summed E-state index contributed by atoms with van der Waals surface area (Å²) < 4.78 is 29.6. The van der Waals surface area contributed by atoms with E-state index in [2.05, 4.69) is 0 Å². The zero-order chi connectivity index (χ0) is 19.1. The lowest BCUT2D eigenvalue weighted by molar-refractivity contribution is -0.276. The van der Waals surface area contributed by atoms with Gasteiger partial charge in [-0.3, -0.25) is 0 Å². The van der Waals surface area contributed by atoms with Crippen molar-refractivity contribution >= 4 is 0 Å². The molecule has 1 fully saturated rings. The van der Waals surface area contributed by atoms with Gasteiger partial charge in [0.25, 0.3) is 0 Å². The second-order valence-electron chi connectivity index (χ2n) is 7.77. The molecule has 0 amide bonds. The SMILES string of the molecule is CC(C)OCC1OC(COC(C)C)C(OC(C)C)C(O)C1OC(C)C. The normalized spacial score (nSPS) is 30.8. The van der Waals surface area contributed by atoms with E-state index >= 15 is 0 Å². The van der Waals surface area contributed by atoms with Crippen LogP contribution < -0.4 is 0 Å². The van der Waals surface area contributed by atoms with Crippen LogP contribution in [-0.2, 0) is 23.7 Å². The smallest absolute Gasteiger partial charge is 0.115 e. The van der Waals surface area contributed by atoms with Crippen molar-refractivity contribution in [1.82, 2.24) is 0 Å². The number of hydrogen-bond acceptors (Lipinski definition) is 6. The maximum absolute atomic E-state index is 11.0. The molecular formula is C19H38O6. The fourth-order valence-electron chi connectivity index (χ4n) is 2.81. The molecule has 0 aromatic carbocycles. The van der Waals surface area contributed by atoms with Gasteiger partial charge in [-0.25, -0.2) is 0 Å². The molecule has 0 bridgehead atoms. The summed E-state index contributed by atoms with van der Waals surface area (Å²) in [4.78, 5) is 0. The van der Waals surface area contributed by atoms with Crippen molar-refractivity contribution in [1.29, 1.82) is 0 Å². The molecule has 1 rings (SSSR count). The van der Waals surface area contributed by atoms with Crippen molar-refractivity contribution in [2.24, 2.45) is 0 Å². The third-order valence-corrected chi connectivity index (χ3v) is 3.80. The predicted octanol–water partition coefficient (Wildman–Crippen LogP) is 2.55. The van der Waals surface area contributed by atoms with Gasteiger partial charge >= 0.3 is 0 Å². The number of aliphatic hydroxyl groups excluding tert-OH is 1. The van der Waals surface area contributed by atoms with Gasteiger partial charge in [0.1, 0.15) is 30.5 Å². The molecule has 1 aliphatic rings. The summed E-state index contributed by atoms with van der Waals surface area (Å²) in [6, 6.07) is 0. The van der Waals surface area contributed by atoms with Crippen LogP contribution in [0.2, 0.25) is 0 Å². The van der Waals surface area contributed by atoms with E-state index < -0.39 is 18.3 Å². The van der Waals surface area contributed by atoms with E-state index in [0.29, 0.717) is 13.2 Å². The third-order valence-electron chi connectivity index (χ3n) is 3.80. The molecule has 4 atom stereocenters. The third kappa shape index (κ3) is 7.89. The second kappa shape index (κ2) is 10.8. The Kier molecular flexibility index (Phi) is 9.85. The van der Waals surface area contributed by atoms with Crippen molar-refractivity contribution in [3.05, 3.63) is 0 Å². The first-order chi connectivity index (χ1) is 11.6. The Hall–Kier alpha value is -0.240. The lowest BCUT2D eigenvalue weighted by atomic mass is 9.94.